The molecule has 102 valence electrons. The molecular formula is C18H25N. The minimum atomic E-state index is 0.225. The lowest BCUT2D eigenvalue weighted by Crippen LogP contribution is -2.16. The van der Waals surface area contributed by atoms with Crippen molar-refractivity contribution in [3.63, 3.8) is 0 Å². The van der Waals surface area contributed by atoms with Crippen LogP contribution < -0.4 is 0 Å². The van der Waals surface area contributed by atoms with Gasteiger partial charge in [-0.1, -0.05) is 46.1 Å². The number of fused-ring (bicyclic) bond motifs is 1. The van der Waals surface area contributed by atoms with Crippen molar-refractivity contribution in [3.05, 3.63) is 41.7 Å². The summed E-state index contributed by atoms with van der Waals surface area (Å²) >= 11 is 0. The first-order valence-corrected chi connectivity index (χ1v) is 7.67. The second-order valence-corrected chi connectivity index (χ2v) is 7.04. The van der Waals surface area contributed by atoms with E-state index >= 15 is 0 Å². The molecule has 0 N–H and O–H groups in total. The molecule has 2 aromatic rings. The Morgan fingerprint density at radius 1 is 1.05 bits per heavy atom. The van der Waals surface area contributed by atoms with Crippen LogP contribution in [0, 0.1) is 0 Å². The van der Waals surface area contributed by atoms with E-state index in [1.807, 2.05) is 0 Å². The standard InChI is InChI=1S/C18H25N/c1-18(2,3)17-15(14-9-5-4-6-10-14)13-19-12-8-7-11-16(17)19/h7-8,11-14H,4-6,9-10H2,1-3H3. The third kappa shape index (κ3) is 2.31. The molecule has 0 unspecified atom stereocenters. The molecule has 1 fully saturated rings. The smallest absolute Gasteiger partial charge is 0.0490 e. The number of aromatic nitrogens is 1. The van der Waals surface area contributed by atoms with Crippen molar-refractivity contribution in [1.29, 1.82) is 0 Å². The number of nitrogens with zero attached hydrogens (tertiary/aromatic N) is 1. The lowest BCUT2D eigenvalue weighted by Gasteiger charge is -2.27. The van der Waals surface area contributed by atoms with Crippen LogP contribution in [0.3, 0.4) is 0 Å². The first-order chi connectivity index (χ1) is 9.07. The number of rotatable bonds is 1. The van der Waals surface area contributed by atoms with Gasteiger partial charge in [-0.05, 0) is 47.4 Å². The van der Waals surface area contributed by atoms with Gasteiger partial charge in [0.15, 0.2) is 0 Å². The summed E-state index contributed by atoms with van der Waals surface area (Å²) in [4.78, 5) is 0. The van der Waals surface area contributed by atoms with Gasteiger partial charge in [-0.3, -0.25) is 0 Å². The van der Waals surface area contributed by atoms with Gasteiger partial charge in [0, 0.05) is 17.9 Å². The van der Waals surface area contributed by atoms with Crippen LogP contribution in [0.1, 0.15) is 69.9 Å². The molecule has 2 heterocycles. The van der Waals surface area contributed by atoms with Crippen LogP contribution in [0.4, 0.5) is 0 Å². The first kappa shape index (κ1) is 12.8. The Hall–Kier alpha value is -1.24. The summed E-state index contributed by atoms with van der Waals surface area (Å²) < 4.78 is 2.32. The maximum absolute atomic E-state index is 2.39. The fourth-order valence-corrected chi connectivity index (χ4v) is 3.68. The predicted octanol–water partition coefficient (Wildman–Crippen LogP) is 5.28. The number of pyridine rings is 1. The van der Waals surface area contributed by atoms with Crippen LogP contribution in [0.15, 0.2) is 30.6 Å². The van der Waals surface area contributed by atoms with E-state index in [-0.39, 0.29) is 5.41 Å². The van der Waals surface area contributed by atoms with Crippen molar-refractivity contribution in [3.8, 4) is 0 Å². The zero-order valence-electron chi connectivity index (χ0n) is 12.4. The van der Waals surface area contributed by atoms with Crippen LogP contribution in [0.5, 0.6) is 0 Å². The summed E-state index contributed by atoms with van der Waals surface area (Å²) in [5.74, 6) is 0.780. The van der Waals surface area contributed by atoms with E-state index in [9.17, 15) is 0 Å². The average Bonchev–Trinajstić information content (AvgIpc) is 2.79. The summed E-state index contributed by atoms with van der Waals surface area (Å²) in [6, 6.07) is 6.56. The zero-order chi connectivity index (χ0) is 13.5. The lowest BCUT2D eigenvalue weighted by atomic mass is 9.77. The van der Waals surface area contributed by atoms with E-state index in [1.165, 1.54) is 37.6 Å². The van der Waals surface area contributed by atoms with Crippen molar-refractivity contribution >= 4 is 5.52 Å². The van der Waals surface area contributed by atoms with Gasteiger partial charge in [0.1, 0.15) is 0 Å². The SMILES string of the molecule is CC(C)(C)c1c(C2CCCCC2)cn2ccccc12. The Morgan fingerprint density at radius 2 is 1.79 bits per heavy atom. The molecular weight excluding hydrogens is 230 g/mol. The average molecular weight is 255 g/mol. The molecule has 3 rings (SSSR count). The quantitative estimate of drug-likeness (QED) is 0.652. The van der Waals surface area contributed by atoms with Gasteiger partial charge in [-0.25, -0.2) is 0 Å². The molecule has 2 aromatic heterocycles. The summed E-state index contributed by atoms with van der Waals surface area (Å²) in [6.07, 6.45) is 11.6. The molecule has 0 bridgehead atoms. The van der Waals surface area contributed by atoms with E-state index in [4.69, 9.17) is 0 Å². The van der Waals surface area contributed by atoms with Gasteiger partial charge >= 0.3 is 0 Å². The van der Waals surface area contributed by atoms with Crippen LogP contribution >= 0.6 is 0 Å². The van der Waals surface area contributed by atoms with E-state index in [0.29, 0.717) is 0 Å². The Balaban J connectivity index is 2.17. The van der Waals surface area contributed by atoms with E-state index < -0.39 is 0 Å². The third-order valence-corrected chi connectivity index (χ3v) is 4.51. The molecule has 1 aliphatic carbocycles. The van der Waals surface area contributed by atoms with Gasteiger partial charge in [0.2, 0.25) is 0 Å². The molecule has 0 amide bonds. The minimum absolute atomic E-state index is 0.225. The molecule has 0 atom stereocenters. The molecule has 0 radical (unpaired) electrons. The van der Waals surface area contributed by atoms with E-state index in [0.717, 1.165) is 5.92 Å². The van der Waals surface area contributed by atoms with Crippen LogP contribution in [0.25, 0.3) is 5.52 Å². The number of hydrogen-bond donors (Lipinski definition) is 0. The summed E-state index contributed by atoms with van der Waals surface area (Å²) in [5.41, 5.74) is 4.80. The zero-order valence-corrected chi connectivity index (χ0v) is 12.4. The molecule has 0 saturated heterocycles. The van der Waals surface area contributed by atoms with Gasteiger partial charge < -0.3 is 4.40 Å². The molecule has 1 heteroatoms. The van der Waals surface area contributed by atoms with Crippen molar-refractivity contribution in [2.75, 3.05) is 0 Å². The van der Waals surface area contributed by atoms with Crippen LogP contribution in [-0.2, 0) is 5.41 Å². The van der Waals surface area contributed by atoms with Crippen molar-refractivity contribution in [2.45, 2.75) is 64.2 Å². The van der Waals surface area contributed by atoms with Gasteiger partial charge in [0.25, 0.3) is 0 Å². The fraction of sp³-hybridized carbons (Fsp3) is 0.556. The molecule has 1 nitrogen and oxygen atoms in total. The van der Waals surface area contributed by atoms with E-state index in [2.05, 4.69) is 55.8 Å². The highest BCUT2D eigenvalue weighted by molar-refractivity contribution is 5.63. The van der Waals surface area contributed by atoms with E-state index in [1.54, 1.807) is 11.1 Å². The largest absolute Gasteiger partial charge is 0.323 e. The fourth-order valence-electron chi connectivity index (χ4n) is 3.68. The summed E-state index contributed by atoms with van der Waals surface area (Å²) in [7, 11) is 0. The first-order valence-electron chi connectivity index (χ1n) is 7.67. The summed E-state index contributed by atoms with van der Waals surface area (Å²) in [5, 5.41) is 0. The molecule has 1 saturated carbocycles. The van der Waals surface area contributed by atoms with Crippen molar-refractivity contribution in [1.82, 2.24) is 4.40 Å². The highest BCUT2D eigenvalue weighted by Crippen LogP contribution is 2.41. The molecule has 1 aliphatic rings. The number of hydrogen-bond acceptors (Lipinski definition) is 0. The Kier molecular flexibility index (Phi) is 3.16. The Morgan fingerprint density at radius 3 is 2.47 bits per heavy atom. The Bertz CT molecular complexity index is 565. The van der Waals surface area contributed by atoms with Gasteiger partial charge in [-0.15, -0.1) is 0 Å². The normalized spacial score (nSPS) is 18.1. The highest BCUT2D eigenvalue weighted by Gasteiger charge is 2.27. The second kappa shape index (κ2) is 4.70. The van der Waals surface area contributed by atoms with Crippen molar-refractivity contribution < 1.29 is 0 Å². The highest BCUT2D eigenvalue weighted by atomic mass is 14.9. The minimum Gasteiger partial charge on any atom is -0.323 e. The molecule has 0 spiro atoms. The maximum Gasteiger partial charge on any atom is 0.0490 e. The monoisotopic (exact) mass is 255 g/mol. The summed E-state index contributed by atoms with van der Waals surface area (Å²) in [6.45, 7) is 7.05. The second-order valence-electron chi connectivity index (χ2n) is 7.04. The predicted molar refractivity (Wildman–Crippen MR) is 81.9 cm³/mol. The van der Waals surface area contributed by atoms with Gasteiger partial charge in [0.05, 0.1) is 0 Å². The molecule has 0 aliphatic heterocycles. The van der Waals surface area contributed by atoms with Crippen LogP contribution in [-0.4, -0.2) is 4.40 Å². The topological polar surface area (TPSA) is 4.41 Å². The third-order valence-electron chi connectivity index (χ3n) is 4.51. The lowest BCUT2D eigenvalue weighted by molar-refractivity contribution is 0.436. The van der Waals surface area contributed by atoms with Gasteiger partial charge in [-0.2, -0.15) is 0 Å². The van der Waals surface area contributed by atoms with Crippen molar-refractivity contribution in [2.24, 2.45) is 0 Å². The Labute approximate surface area is 116 Å². The maximum atomic E-state index is 2.39. The molecule has 19 heavy (non-hydrogen) atoms. The van der Waals surface area contributed by atoms with Crippen LogP contribution in [0.2, 0.25) is 0 Å². The molecule has 0 aromatic carbocycles.